The van der Waals surface area contributed by atoms with Gasteiger partial charge in [-0.1, -0.05) is 32.9 Å². The summed E-state index contributed by atoms with van der Waals surface area (Å²) >= 11 is 0. The van der Waals surface area contributed by atoms with Crippen molar-refractivity contribution in [1.29, 1.82) is 0 Å². The van der Waals surface area contributed by atoms with E-state index >= 15 is 0 Å². The third-order valence-electron chi connectivity index (χ3n) is 8.04. The van der Waals surface area contributed by atoms with Crippen molar-refractivity contribution in [2.45, 2.75) is 57.0 Å². The van der Waals surface area contributed by atoms with E-state index in [1.54, 1.807) is 26.0 Å². The van der Waals surface area contributed by atoms with Crippen molar-refractivity contribution < 1.29 is 30.3 Å². The average Bonchev–Trinajstić information content (AvgIpc) is 2.97. The van der Waals surface area contributed by atoms with Crippen LogP contribution in [0.15, 0.2) is 23.3 Å². The lowest BCUT2D eigenvalue weighted by Crippen LogP contribution is -2.65. The van der Waals surface area contributed by atoms with Gasteiger partial charge >= 0.3 is 0 Å². The van der Waals surface area contributed by atoms with E-state index < -0.39 is 57.8 Å². The number of ketones is 1. The molecule has 0 aliphatic heterocycles. The Morgan fingerprint density at radius 2 is 1.81 bits per heavy atom. The zero-order valence-electron chi connectivity index (χ0n) is 15.6. The maximum atomic E-state index is 12.7. The molecule has 0 aromatic heterocycles. The minimum absolute atomic E-state index is 0.0615. The second-order valence-electron chi connectivity index (χ2n) is 9.41. The first-order valence-electron chi connectivity index (χ1n) is 9.27. The lowest BCUT2D eigenvalue weighted by molar-refractivity contribution is -0.209. The number of hydrogen-bond donors (Lipinski definition) is 5. The van der Waals surface area contributed by atoms with Crippen molar-refractivity contribution in [1.82, 2.24) is 0 Å². The molecule has 8 unspecified atom stereocenters. The third kappa shape index (κ3) is 1.69. The fourth-order valence-corrected chi connectivity index (χ4v) is 6.45. The van der Waals surface area contributed by atoms with Crippen LogP contribution in [0.25, 0.3) is 0 Å². The van der Waals surface area contributed by atoms with Crippen LogP contribution in [0.4, 0.5) is 0 Å². The summed E-state index contributed by atoms with van der Waals surface area (Å²) in [5, 5.41) is 54.9. The number of carbonyl (C=O) groups excluding carboxylic acids is 1. The molecular formula is C20H28O6. The van der Waals surface area contributed by atoms with Crippen molar-refractivity contribution in [3.8, 4) is 0 Å². The van der Waals surface area contributed by atoms with Gasteiger partial charge in [0.1, 0.15) is 11.2 Å². The van der Waals surface area contributed by atoms with E-state index in [1.165, 1.54) is 0 Å². The molecule has 0 saturated heterocycles. The SMILES string of the molecule is CC1=CC2C(O)(CC(CO)=CC3C4C(C)(C)C4(O)C(O)C(C)C32O)C1=O. The molecule has 6 heteroatoms. The van der Waals surface area contributed by atoms with Crippen molar-refractivity contribution in [3.05, 3.63) is 23.3 Å². The lowest BCUT2D eigenvalue weighted by atomic mass is 9.59. The fraction of sp³-hybridized carbons (Fsp3) is 0.750. The molecule has 0 amide bonds. The highest BCUT2D eigenvalue weighted by molar-refractivity contribution is 6.04. The first-order valence-corrected chi connectivity index (χ1v) is 9.27. The van der Waals surface area contributed by atoms with Crippen LogP contribution in [0.3, 0.4) is 0 Å². The van der Waals surface area contributed by atoms with Crippen LogP contribution in [-0.4, -0.2) is 60.8 Å². The van der Waals surface area contributed by atoms with E-state index in [2.05, 4.69) is 0 Å². The van der Waals surface area contributed by atoms with Crippen molar-refractivity contribution in [2.24, 2.45) is 29.1 Å². The zero-order chi connectivity index (χ0) is 19.4. The minimum Gasteiger partial charge on any atom is -0.392 e. The summed E-state index contributed by atoms with van der Waals surface area (Å²) in [5.41, 5.74) is -4.57. The molecule has 0 radical (unpaired) electrons. The predicted molar refractivity (Wildman–Crippen MR) is 92.8 cm³/mol. The Labute approximate surface area is 152 Å². The first kappa shape index (κ1) is 18.3. The summed E-state index contributed by atoms with van der Waals surface area (Å²) in [6.07, 6.45) is 2.08. The summed E-state index contributed by atoms with van der Waals surface area (Å²) in [7, 11) is 0. The molecule has 144 valence electrons. The van der Waals surface area contributed by atoms with Gasteiger partial charge in [-0.3, -0.25) is 4.79 Å². The zero-order valence-corrected chi connectivity index (χ0v) is 15.6. The standard InChI is InChI=1S/C20H28O6/c1-9-5-13-18(24,15(9)22)7-11(8-21)6-12-14-17(3,4)20(14,26)16(23)10(2)19(12,13)25/h5-6,10,12-14,16,21,23-26H,7-8H2,1-4H3. The molecule has 0 aromatic carbocycles. The van der Waals surface area contributed by atoms with Crippen molar-refractivity contribution in [3.63, 3.8) is 0 Å². The molecule has 5 N–H and O–H groups in total. The molecule has 0 heterocycles. The summed E-state index contributed by atoms with van der Waals surface area (Å²) in [5.74, 6) is -3.14. The molecule has 0 spiro atoms. The highest BCUT2D eigenvalue weighted by Gasteiger charge is 2.84. The summed E-state index contributed by atoms with van der Waals surface area (Å²) in [4.78, 5) is 12.7. The van der Waals surface area contributed by atoms with Gasteiger partial charge in [0.2, 0.25) is 0 Å². The van der Waals surface area contributed by atoms with Crippen LogP contribution in [0, 0.1) is 29.1 Å². The Hall–Kier alpha value is -1.05. The van der Waals surface area contributed by atoms with Crippen LogP contribution >= 0.6 is 0 Å². The Morgan fingerprint density at radius 1 is 1.19 bits per heavy atom. The van der Waals surface area contributed by atoms with E-state index in [0.29, 0.717) is 11.1 Å². The van der Waals surface area contributed by atoms with Crippen LogP contribution in [0.2, 0.25) is 0 Å². The quantitative estimate of drug-likeness (QED) is 0.416. The van der Waals surface area contributed by atoms with Gasteiger partial charge in [0, 0.05) is 35.5 Å². The second-order valence-corrected chi connectivity index (χ2v) is 9.41. The van der Waals surface area contributed by atoms with Gasteiger partial charge in [0.25, 0.3) is 0 Å². The molecule has 4 rings (SSSR count). The van der Waals surface area contributed by atoms with Crippen LogP contribution in [0.1, 0.15) is 34.1 Å². The van der Waals surface area contributed by atoms with E-state index in [0.717, 1.165) is 0 Å². The Bertz CT molecular complexity index is 753. The maximum absolute atomic E-state index is 12.7. The normalized spacial score (nSPS) is 54.5. The molecule has 4 aliphatic rings. The Morgan fingerprint density at radius 3 is 2.38 bits per heavy atom. The maximum Gasteiger partial charge on any atom is 0.190 e. The van der Waals surface area contributed by atoms with Gasteiger partial charge in [0.05, 0.1) is 18.3 Å². The third-order valence-corrected chi connectivity index (χ3v) is 8.04. The van der Waals surface area contributed by atoms with E-state index in [4.69, 9.17) is 0 Å². The predicted octanol–water partition coefficient (Wildman–Crippen LogP) is -0.0699. The number of Topliss-reactive ketones (excluding diaryl/α,β-unsaturated/α-hetero) is 1. The molecule has 0 aromatic rings. The topological polar surface area (TPSA) is 118 Å². The Kier molecular flexibility index (Phi) is 3.42. The highest BCUT2D eigenvalue weighted by Crippen LogP contribution is 2.74. The number of aliphatic hydroxyl groups is 5. The number of aliphatic hydroxyl groups excluding tert-OH is 2. The van der Waals surface area contributed by atoms with E-state index in [9.17, 15) is 30.3 Å². The molecule has 6 nitrogen and oxygen atoms in total. The summed E-state index contributed by atoms with van der Waals surface area (Å²) in [6.45, 7) is 6.63. The highest BCUT2D eigenvalue weighted by atomic mass is 16.4. The number of hydrogen-bond acceptors (Lipinski definition) is 6. The Balaban J connectivity index is 1.96. The van der Waals surface area contributed by atoms with Gasteiger partial charge in [-0.2, -0.15) is 0 Å². The fourth-order valence-electron chi connectivity index (χ4n) is 6.45. The summed E-state index contributed by atoms with van der Waals surface area (Å²) < 4.78 is 0. The molecule has 2 fully saturated rings. The van der Waals surface area contributed by atoms with Gasteiger partial charge < -0.3 is 25.5 Å². The van der Waals surface area contributed by atoms with Crippen LogP contribution in [-0.2, 0) is 4.79 Å². The monoisotopic (exact) mass is 364 g/mol. The van der Waals surface area contributed by atoms with Gasteiger partial charge in [-0.15, -0.1) is 0 Å². The van der Waals surface area contributed by atoms with Gasteiger partial charge in [-0.05, 0) is 18.1 Å². The lowest BCUT2D eigenvalue weighted by Gasteiger charge is -2.51. The number of carbonyl (C=O) groups is 1. The second kappa shape index (κ2) is 4.86. The van der Waals surface area contributed by atoms with E-state index in [1.807, 2.05) is 13.8 Å². The summed E-state index contributed by atoms with van der Waals surface area (Å²) in [6, 6.07) is 0. The van der Waals surface area contributed by atoms with Gasteiger partial charge in [0.15, 0.2) is 5.78 Å². The molecule has 2 saturated carbocycles. The van der Waals surface area contributed by atoms with Gasteiger partial charge in [-0.25, -0.2) is 0 Å². The smallest absolute Gasteiger partial charge is 0.190 e. The molecule has 0 bridgehead atoms. The molecule has 8 atom stereocenters. The molecule has 4 aliphatic carbocycles. The van der Waals surface area contributed by atoms with Crippen LogP contribution in [0.5, 0.6) is 0 Å². The van der Waals surface area contributed by atoms with Crippen molar-refractivity contribution >= 4 is 5.78 Å². The number of rotatable bonds is 1. The van der Waals surface area contributed by atoms with Crippen molar-refractivity contribution in [2.75, 3.05) is 6.61 Å². The molecular weight excluding hydrogens is 336 g/mol. The minimum atomic E-state index is -1.84. The van der Waals surface area contributed by atoms with E-state index in [-0.39, 0.29) is 13.0 Å². The molecule has 26 heavy (non-hydrogen) atoms. The largest absolute Gasteiger partial charge is 0.392 e. The van der Waals surface area contributed by atoms with Crippen LogP contribution < -0.4 is 0 Å². The first-order chi connectivity index (χ1) is 11.9. The average molecular weight is 364 g/mol. The number of fused-ring (bicyclic) bond motifs is 5.